The monoisotopic (exact) mass is 364 g/mol. The van der Waals surface area contributed by atoms with E-state index < -0.39 is 0 Å². The number of hydrogen-bond donors (Lipinski definition) is 1. The average Bonchev–Trinajstić information content (AvgIpc) is 3.12. The Bertz CT molecular complexity index is 1010. The first kappa shape index (κ1) is 17.9. The van der Waals surface area contributed by atoms with Crippen LogP contribution in [0.15, 0.2) is 42.5 Å². The molecule has 1 aromatic heterocycles. The molecule has 0 saturated heterocycles. The zero-order valence-corrected chi connectivity index (χ0v) is 14.7. The van der Waals surface area contributed by atoms with Gasteiger partial charge in [-0.25, -0.2) is 0 Å². The number of benzene rings is 2. The predicted molar refractivity (Wildman–Crippen MR) is 95.7 cm³/mol. The second-order valence-corrected chi connectivity index (χ2v) is 5.50. The summed E-state index contributed by atoms with van der Waals surface area (Å²) in [6.07, 6.45) is 0. The van der Waals surface area contributed by atoms with E-state index in [1.54, 1.807) is 48.0 Å². The number of rotatable bonds is 6. The number of nitriles is 1. The van der Waals surface area contributed by atoms with Gasteiger partial charge in [0.15, 0.2) is 23.9 Å². The molecule has 0 atom stereocenters. The third kappa shape index (κ3) is 4.19. The molecule has 0 fully saturated rings. The first-order valence-corrected chi connectivity index (χ1v) is 7.97. The van der Waals surface area contributed by atoms with Crippen molar-refractivity contribution in [1.29, 1.82) is 5.26 Å². The Morgan fingerprint density at radius 2 is 2.11 bits per heavy atom. The van der Waals surface area contributed by atoms with Crippen molar-refractivity contribution in [1.82, 2.24) is 20.2 Å². The van der Waals surface area contributed by atoms with E-state index in [1.165, 1.54) is 7.11 Å². The highest BCUT2D eigenvalue weighted by molar-refractivity contribution is 5.92. The summed E-state index contributed by atoms with van der Waals surface area (Å²) >= 11 is 0. The number of carbonyl (C=O) groups is 1. The minimum absolute atomic E-state index is 0.212. The normalized spacial score (nSPS) is 10.1. The van der Waals surface area contributed by atoms with Gasteiger partial charge in [-0.15, -0.1) is 5.10 Å². The first-order valence-electron chi connectivity index (χ1n) is 7.97. The largest absolute Gasteiger partial charge is 0.493 e. The standard InChI is InChI=1S/C18H16N6O3/c1-12-21-22-23-24(12)15-5-3-4-14(9-15)20-18(25)11-27-16-7-6-13(10-19)8-17(16)26-2/h3-9H,11H2,1-2H3,(H,20,25). The van der Waals surface area contributed by atoms with Gasteiger partial charge in [-0.3, -0.25) is 4.79 Å². The van der Waals surface area contributed by atoms with Crippen LogP contribution in [0.5, 0.6) is 11.5 Å². The zero-order chi connectivity index (χ0) is 19.2. The Morgan fingerprint density at radius 1 is 1.26 bits per heavy atom. The second-order valence-electron chi connectivity index (χ2n) is 5.50. The van der Waals surface area contributed by atoms with Gasteiger partial charge < -0.3 is 14.8 Å². The lowest BCUT2D eigenvalue weighted by atomic mass is 10.2. The summed E-state index contributed by atoms with van der Waals surface area (Å²) in [6, 6.07) is 13.9. The summed E-state index contributed by atoms with van der Waals surface area (Å²) in [5.41, 5.74) is 1.76. The fourth-order valence-corrected chi connectivity index (χ4v) is 2.38. The molecule has 0 radical (unpaired) electrons. The van der Waals surface area contributed by atoms with Crippen LogP contribution in [0.2, 0.25) is 0 Å². The predicted octanol–water partition coefficient (Wildman–Crippen LogP) is 1.87. The van der Waals surface area contributed by atoms with Crippen LogP contribution in [0.4, 0.5) is 5.69 Å². The highest BCUT2D eigenvalue weighted by Crippen LogP contribution is 2.27. The first-order chi connectivity index (χ1) is 13.1. The number of methoxy groups -OCH3 is 1. The lowest BCUT2D eigenvalue weighted by Crippen LogP contribution is -2.20. The van der Waals surface area contributed by atoms with Gasteiger partial charge >= 0.3 is 0 Å². The number of amides is 1. The minimum atomic E-state index is -0.341. The Morgan fingerprint density at radius 3 is 2.81 bits per heavy atom. The van der Waals surface area contributed by atoms with Gasteiger partial charge in [0, 0.05) is 11.8 Å². The van der Waals surface area contributed by atoms with Crippen molar-refractivity contribution < 1.29 is 14.3 Å². The molecule has 0 aliphatic rings. The Hall–Kier alpha value is -3.93. The molecule has 2 aromatic carbocycles. The van der Waals surface area contributed by atoms with Crippen molar-refractivity contribution in [2.45, 2.75) is 6.92 Å². The molecule has 0 bridgehead atoms. The lowest BCUT2D eigenvalue weighted by Gasteiger charge is -2.11. The number of anilines is 1. The molecule has 0 saturated carbocycles. The van der Waals surface area contributed by atoms with Gasteiger partial charge in [0.1, 0.15) is 0 Å². The molecular formula is C18H16N6O3. The number of ether oxygens (including phenoxy) is 2. The van der Waals surface area contributed by atoms with E-state index in [2.05, 4.69) is 20.8 Å². The van der Waals surface area contributed by atoms with Crippen LogP contribution < -0.4 is 14.8 Å². The third-order valence-electron chi connectivity index (χ3n) is 3.65. The molecule has 1 heterocycles. The van der Waals surface area contributed by atoms with Crippen molar-refractivity contribution in [3.63, 3.8) is 0 Å². The second kappa shape index (κ2) is 7.97. The maximum Gasteiger partial charge on any atom is 0.262 e. The minimum Gasteiger partial charge on any atom is -0.493 e. The summed E-state index contributed by atoms with van der Waals surface area (Å²) in [7, 11) is 1.47. The highest BCUT2D eigenvalue weighted by Gasteiger charge is 2.10. The molecule has 9 nitrogen and oxygen atoms in total. The number of aryl methyl sites for hydroxylation is 1. The summed E-state index contributed by atoms with van der Waals surface area (Å²) in [6.45, 7) is 1.57. The molecule has 0 spiro atoms. The van der Waals surface area contributed by atoms with Gasteiger partial charge in [0.05, 0.1) is 24.4 Å². The molecule has 0 unspecified atom stereocenters. The lowest BCUT2D eigenvalue weighted by molar-refractivity contribution is -0.118. The van der Waals surface area contributed by atoms with Crippen LogP contribution in [-0.4, -0.2) is 39.8 Å². The maximum atomic E-state index is 12.2. The van der Waals surface area contributed by atoms with Crippen molar-refractivity contribution in [3.8, 4) is 23.3 Å². The highest BCUT2D eigenvalue weighted by atomic mass is 16.5. The average molecular weight is 364 g/mol. The Kier molecular flexibility index (Phi) is 5.28. The number of nitrogens with zero attached hydrogens (tertiary/aromatic N) is 5. The molecule has 1 N–H and O–H groups in total. The third-order valence-corrected chi connectivity index (χ3v) is 3.65. The van der Waals surface area contributed by atoms with E-state index in [9.17, 15) is 4.79 Å². The van der Waals surface area contributed by atoms with Gasteiger partial charge in [-0.05, 0) is 47.7 Å². The molecule has 0 aliphatic carbocycles. The van der Waals surface area contributed by atoms with Crippen LogP contribution in [0.25, 0.3) is 5.69 Å². The summed E-state index contributed by atoms with van der Waals surface area (Å²) < 4.78 is 12.2. The smallest absolute Gasteiger partial charge is 0.262 e. The zero-order valence-electron chi connectivity index (χ0n) is 14.7. The van der Waals surface area contributed by atoms with Crippen LogP contribution in [0, 0.1) is 18.3 Å². The van der Waals surface area contributed by atoms with Crippen molar-refractivity contribution in [2.75, 3.05) is 19.0 Å². The van der Waals surface area contributed by atoms with E-state index in [0.717, 1.165) is 5.69 Å². The summed E-state index contributed by atoms with van der Waals surface area (Å²) in [5.74, 6) is 1.06. The maximum absolute atomic E-state index is 12.2. The molecule has 27 heavy (non-hydrogen) atoms. The molecule has 136 valence electrons. The van der Waals surface area contributed by atoms with Crippen LogP contribution in [0.1, 0.15) is 11.4 Å². The van der Waals surface area contributed by atoms with E-state index >= 15 is 0 Å². The molecule has 3 rings (SSSR count). The number of hydrogen-bond acceptors (Lipinski definition) is 7. The quantitative estimate of drug-likeness (QED) is 0.710. The number of tetrazole rings is 1. The molecular weight excluding hydrogens is 348 g/mol. The number of aromatic nitrogens is 4. The van der Waals surface area contributed by atoms with Crippen LogP contribution in [-0.2, 0) is 4.79 Å². The fourth-order valence-electron chi connectivity index (χ4n) is 2.38. The Balaban J connectivity index is 1.65. The van der Waals surface area contributed by atoms with E-state index in [4.69, 9.17) is 14.7 Å². The number of nitrogens with one attached hydrogen (secondary N) is 1. The van der Waals surface area contributed by atoms with Gasteiger partial charge in [0.25, 0.3) is 5.91 Å². The van der Waals surface area contributed by atoms with Crippen LogP contribution in [0.3, 0.4) is 0 Å². The topological polar surface area (TPSA) is 115 Å². The fraction of sp³-hybridized carbons (Fsp3) is 0.167. The number of carbonyl (C=O) groups excluding carboxylic acids is 1. The van der Waals surface area contributed by atoms with E-state index in [1.807, 2.05) is 12.1 Å². The SMILES string of the molecule is COc1cc(C#N)ccc1OCC(=O)Nc1cccc(-n2nnnc2C)c1. The molecule has 1 amide bonds. The summed E-state index contributed by atoms with van der Waals surface area (Å²) in [4.78, 5) is 12.2. The van der Waals surface area contributed by atoms with Crippen LogP contribution >= 0.6 is 0 Å². The van der Waals surface area contributed by atoms with E-state index in [-0.39, 0.29) is 12.5 Å². The van der Waals surface area contributed by atoms with Gasteiger partial charge in [-0.2, -0.15) is 9.94 Å². The van der Waals surface area contributed by atoms with Gasteiger partial charge in [-0.1, -0.05) is 6.07 Å². The molecule has 9 heteroatoms. The van der Waals surface area contributed by atoms with Crippen molar-refractivity contribution in [2.24, 2.45) is 0 Å². The molecule has 3 aromatic rings. The van der Waals surface area contributed by atoms with Gasteiger partial charge in [0.2, 0.25) is 0 Å². The molecule has 0 aliphatic heterocycles. The Labute approximate surface area is 155 Å². The van der Waals surface area contributed by atoms with E-state index in [0.29, 0.717) is 28.6 Å². The van der Waals surface area contributed by atoms with Crippen molar-refractivity contribution >= 4 is 11.6 Å². The summed E-state index contributed by atoms with van der Waals surface area (Å²) in [5, 5.41) is 23.0. The van der Waals surface area contributed by atoms with Crippen molar-refractivity contribution in [3.05, 3.63) is 53.9 Å².